The van der Waals surface area contributed by atoms with E-state index in [0.717, 1.165) is 24.6 Å². The monoisotopic (exact) mass is 264 g/mol. The lowest BCUT2D eigenvalue weighted by molar-refractivity contribution is 0.199. The highest BCUT2D eigenvalue weighted by Gasteiger charge is 2.01. The van der Waals surface area contributed by atoms with Crippen LogP contribution in [0.5, 0.6) is 0 Å². The lowest BCUT2D eigenvalue weighted by Crippen LogP contribution is -2.18. The van der Waals surface area contributed by atoms with Crippen LogP contribution in [0.15, 0.2) is 51.3 Å². The number of rotatable bonds is 7. The number of aromatic nitrogens is 1. The van der Waals surface area contributed by atoms with Crippen molar-refractivity contribution in [2.75, 3.05) is 20.3 Å². The van der Waals surface area contributed by atoms with Gasteiger partial charge in [-0.2, -0.15) is 0 Å². The van der Waals surface area contributed by atoms with Gasteiger partial charge in [-0.1, -0.05) is 12.1 Å². The molecule has 0 aliphatic heterocycles. The zero-order valence-electron chi connectivity index (χ0n) is 10.3. The summed E-state index contributed by atoms with van der Waals surface area (Å²) in [5.74, 6) is 0. The Labute approximate surface area is 111 Å². The second kappa shape index (κ2) is 7.20. The molecule has 0 radical (unpaired) electrons. The first kappa shape index (κ1) is 13.1. The number of ether oxygens (including phenoxy) is 1. The lowest BCUT2D eigenvalue weighted by Gasteiger charge is -2.04. The molecular formula is C13H16N2O2S. The maximum atomic E-state index is 5.19. The number of hydrogen-bond acceptors (Lipinski definition) is 5. The fourth-order valence-corrected chi connectivity index (χ4v) is 2.13. The molecule has 1 aromatic carbocycles. The minimum absolute atomic E-state index is 0.668. The molecule has 2 rings (SSSR count). The summed E-state index contributed by atoms with van der Waals surface area (Å²) in [5.41, 5.74) is 1.25. The average Bonchev–Trinajstić information content (AvgIpc) is 2.89. The summed E-state index contributed by atoms with van der Waals surface area (Å²) in [6.07, 6.45) is 3.23. The molecule has 0 unspecified atom stereocenters. The number of oxazole rings is 1. The van der Waals surface area contributed by atoms with Crippen molar-refractivity contribution in [3.05, 3.63) is 42.3 Å². The Kier molecular flexibility index (Phi) is 5.26. The first-order chi connectivity index (χ1) is 8.88. The zero-order valence-corrected chi connectivity index (χ0v) is 11.1. The van der Waals surface area contributed by atoms with Crippen molar-refractivity contribution in [3.63, 3.8) is 0 Å². The molecule has 0 atom stereocenters. The van der Waals surface area contributed by atoms with Crippen LogP contribution in [0.2, 0.25) is 0 Å². The highest BCUT2D eigenvalue weighted by atomic mass is 32.2. The largest absolute Gasteiger partial charge is 0.440 e. The van der Waals surface area contributed by atoms with E-state index in [4.69, 9.17) is 9.15 Å². The SMILES string of the molecule is COCCNCc1ccc(Sc2ncco2)cc1. The van der Waals surface area contributed by atoms with Gasteiger partial charge in [-0.15, -0.1) is 0 Å². The summed E-state index contributed by atoms with van der Waals surface area (Å²) in [6, 6.07) is 8.35. The minimum atomic E-state index is 0.668. The van der Waals surface area contributed by atoms with Crippen molar-refractivity contribution in [2.45, 2.75) is 16.7 Å². The Bertz CT molecular complexity index is 443. The molecule has 96 valence electrons. The average molecular weight is 264 g/mol. The maximum absolute atomic E-state index is 5.19. The molecule has 1 heterocycles. The van der Waals surface area contributed by atoms with Crippen molar-refractivity contribution in [1.29, 1.82) is 0 Å². The van der Waals surface area contributed by atoms with Crippen molar-refractivity contribution < 1.29 is 9.15 Å². The van der Waals surface area contributed by atoms with Crippen LogP contribution in [0.25, 0.3) is 0 Å². The quantitative estimate of drug-likeness (QED) is 0.779. The summed E-state index contributed by atoms with van der Waals surface area (Å²) >= 11 is 1.52. The smallest absolute Gasteiger partial charge is 0.260 e. The normalized spacial score (nSPS) is 10.7. The molecule has 18 heavy (non-hydrogen) atoms. The van der Waals surface area contributed by atoms with Gasteiger partial charge in [0.2, 0.25) is 0 Å². The van der Waals surface area contributed by atoms with E-state index in [2.05, 4.69) is 34.6 Å². The molecule has 4 nitrogen and oxygen atoms in total. The van der Waals surface area contributed by atoms with E-state index in [1.807, 2.05) is 0 Å². The second-order valence-corrected chi connectivity index (χ2v) is 4.74. The van der Waals surface area contributed by atoms with Crippen LogP contribution in [0.3, 0.4) is 0 Å². The van der Waals surface area contributed by atoms with Gasteiger partial charge in [0.15, 0.2) is 0 Å². The van der Waals surface area contributed by atoms with Crippen LogP contribution >= 0.6 is 11.8 Å². The van der Waals surface area contributed by atoms with Gasteiger partial charge in [0.25, 0.3) is 5.22 Å². The van der Waals surface area contributed by atoms with Gasteiger partial charge in [-0.05, 0) is 29.5 Å². The first-order valence-corrected chi connectivity index (χ1v) is 6.56. The summed E-state index contributed by atoms with van der Waals surface area (Å²) in [5, 5.41) is 3.97. The Morgan fingerprint density at radius 1 is 1.33 bits per heavy atom. The molecule has 1 aromatic heterocycles. The fourth-order valence-electron chi connectivity index (χ4n) is 1.44. The molecule has 5 heteroatoms. The predicted octanol–water partition coefficient (Wildman–Crippen LogP) is 2.56. The van der Waals surface area contributed by atoms with Crippen molar-refractivity contribution >= 4 is 11.8 Å². The summed E-state index contributed by atoms with van der Waals surface area (Å²) in [7, 11) is 1.70. The van der Waals surface area contributed by atoms with Gasteiger partial charge in [-0.25, -0.2) is 4.98 Å². The van der Waals surface area contributed by atoms with E-state index >= 15 is 0 Å². The van der Waals surface area contributed by atoms with Crippen molar-refractivity contribution in [2.24, 2.45) is 0 Å². The molecule has 0 saturated heterocycles. The second-order valence-electron chi connectivity index (χ2n) is 3.71. The topological polar surface area (TPSA) is 47.3 Å². The van der Waals surface area contributed by atoms with E-state index in [-0.39, 0.29) is 0 Å². The molecule has 2 aromatic rings. The molecule has 0 fully saturated rings. The van der Waals surface area contributed by atoms with Crippen LogP contribution in [-0.4, -0.2) is 25.2 Å². The number of methoxy groups -OCH3 is 1. The summed E-state index contributed by atoms with van der Waals surface area (Å²) in [6.45, 7) is 2.45. The third kappa shape index (κ3) is 4.18. The zero-order chi connectivity index (χ0) is 12.6. The van der Waals surface area contributed by atoms with Gasteiger partial charge in [-0.3, -0.25) is 0 Å². The number of nitrogens with zero attached hydrogens (tertiary/aromatic N) is 1. The molecule has 0 amide bonds. The van der Waals surface area contributed by atoms with Gasteiger partial charge in [0.05, 0.1) is 12.8 Å². The van der Waals surface area contributed by atoms with Gasteiger partial charge in [0, 0.05) is 25.1 Å². The summed E-state index contributed by atoms with van der Waals surface area (Å²) < 4.78 is 10.2. The van der Waals surface area contributed by atoms with Gasteiger partial charge < -0.3 is 14.5 Å². The van der Waals surface area contributed by atoms with Crippen molar-refractivity contribution in [3.8, 4) is 0 Å². The first-order valence-electron chi connectivity index (χ1n) is 5.74. The fraction of sp³-hybridized carbons (Fsp3) is 0.308. The molecule has 0 aliphatic carbocycles. The van der Waals surface area contributed by atoms with E-state index in [9.17, 15) is 0 Å². The Hall–Kier alpha value is -1.30. The summed E-state index contributed by atoms with van der Waals surface area (Å²) in [4.78, 5) is 5.20. The highest BCUT2D eigenvalue weighted by molar-refractivity contribution is 7.99. The molecule has 0 bridgehead atoms. The van der Waals surface area contributed by atoms with Crippen LogP contribution in [0, 0.1) is 0 Å². The molecule has 0 spiro atoms. The molecule has 0 saturated carbocycles. The van der Waals surface area contributed by atoms with Crippen molar-refractivity contribution in [1.82, 2.24) is 10.3 Å². The molecular weight excluding hydrogens is 248 g/mol. The lowest BCUT2D eigenvalue weighted by atomic mass is 10.2. The third-order valence-electron chi connectivity index (χ3n) is 2.35. The predicted molar refractivity (Wildman–Crippen MR) is 70.7 cm³/mol. The van der Waals surface area contributed by atoms with Gasteiger partial charge >= 0.3 is 0 Å². The number of nitrogens with one attached hydrogen (secondary N) is 1. The number of hydrogen-bond donors (Lipinski definition) is 1. The van der Waals surface area contributed by atoms with E-state index in [1.165, 1.54) is 17.3 Å². The standard InChI is InChI=1S/C13H16N2O2S/c1-16-8-6-14-10-11-2-4-12(5-3-11)18-13-15-7-9-17-13/h2-5,7,9,14H,6,8,10H2,1H3. The maximum Gasteiger partial charge on any atom is 0.260 e. The minimum Gasteiger partial charge on any atom is -0.440 e. The Morgan fingerprint density at radius 3 is 2.83 bits per heavy atom. The van der Waals surface area contributed by atoms with Crippen LogP contribution < -0.4 is 5.32 Å². The Balaban J connectivity index is 1.82. The van der Waals surface area contributed by atoms with Crippen LogP contribution in [0.4, 0.5) is 0 Å². The van der Waals surface area contributed by atoms with Gasteiger partial charge in [0.1, 0.15) is 6.26 Å². The van der Waals surface area contributed by atoms with E-state index in [0.29, 0.717) is 5.22 Å². The van der Waals surface area contributed by atoms with E-state index < -0.39 is 0 Å². The molecule has 1 N–H and O–H groups in total. The third-order valence-corrected chi connectivity index (χ3v) is 3.23. The molecule has 0 aliphatic rings. The highest BCUT2D eigenvalue weighted by Crippen LogP contribution is 2.25. The number of benzene rings is 1. The van der Waals surface area contributed by atoms with Crippen LogP contribution in [-0.2, 0) is 11.3 Å². The Morgan fingerprint density at radius 2 is 2.17 bits per heavy atom. The van der Waals surface area contributed by atoms with Crippen LogP contribution in [0.1, 0.15) is 5.56 Å². The van der Waals surface area contributed by atoms with E-state index in [1.54, 1.807) is 19.6 Å².